The molecular formula is C24H27N5O2. The number of ether oxygens (including phenoxy) is 1. The molecule has 0 saturated carbocycles. The van der Waals surface area contributed by atoms with Gasteiger partial charge in [-0.15, -0.1) is 0 Å². The minimum Gasteiger partial charge on any atom is -0.379 e. The highest BCUT2D eigenvalue weighted by Gasteiger charge is 2.15. The zero-order chi connectivity index (χ0) is 21.6. The third-order valence-electron chi connectivity index (χ3n) is 5.28. The highest BCUT2D eigenvalue weighted by atomic mass is 16.5. The van der Waals surface area contributed by atoms with Gasteiger partial charge in [-0.2, -0.15) is 5.10 Å². The van der Waals surface area contributed by atoms with E-state index >= 15 is 0 Å². The molecule has 1 saturated heterocycles. The fraction of sp³-hybridized carbons (Fsp3) is 0.375. The zero-order valence-electron chi connectivity index (χ0n) is 18.0. The van der Waals surface area contributed by atoms with Crippen LogP contribution >= 0.6 is 0 Å². The van der Waals surface area contributed by atoms with Crippen molar-refractivity contribution >= 4 is 17.2 Å². The second-order valence-electron chi connectivity index (χ2n) is 7.72. The van der Waals surface area contributed by atoms with Crippen LogP contribution in [0.15, 0.2) is 36.5 Å². The van der Waals surface area contributed by atoms with Gasteiger partial charge in [-0.05, 0) is 57.1 Å². The Labute approximate surface area is 182 Å². The molecule has 1 aliphatic heterocycles. The van der Waals surface area contributed by atoms with Gasteiger partial charge >= 0.3 is 0 Å². The second-order valence-corrected chi connectivity index (χ2v) is 7.72. The lowest BCUT2D eigenvalue weighted by molar-refractivity contribution is 0.0376. The van der Waals surface area contributed by atoms with Crippen LogP contribution in [0.2, 0.25) is 0 Å². The molecule has 0 unspecified atom stereocenters. The summed E-state index contributed by atoms with van der Waals surface area (Å²) in [6.45, 7) is 8.63. The zero-order valence-corrected chi connectivity index (χ0v) is 18.0. The quantitative estimate of drug-likeness (QED) is 0.510. The number of aromatic nitrogens is 3. The summed E-state index contributed by atoms with van der Waals surface area (Å²) in [5.41, 5.74) is 4.47. The average molecular weight is 418 g/mol. The lowest BCUT2D eigenvalue weighted by Crippen LogP contribution is -2.36. The van der Waals surface area contributed by atoms with Crippen molar-refractivity contribution < 1.29 is 9.53 Å². The molecule has 7 heteroatoms. The molecule has 0 spiro atoms. The molecule has 1 N–H and O–H groups in total. The van der Waals surface area contributed by atoms with E-state index in [2.05, 4.69) is 32.1 Å². The number of carbonyl (C=O) groups excluding carboxylic acids is 1. The van der Waals surface area contributed by atoms with Gasteiger partial charge in [0.1, 0.15) is 5.56 Å². The summed E-state index contributed by atoms with van der Waals surface area (Å²) in [5.74, 6) is 6.21. The van der Waals surface area contributed by atoms with Gasteiger partial charge < -0.3 is 10.1 Å². The van der Waals surface area contributed by atoms with Crippen LogP contribution in [-0.4, -0.2) is 58.3 Å². The Bertz CT molecular complexity index is 1120. The number of fused-ring (bicyclic) bond motifs is 1. The lowest BCUT2D eigenvalue weighted by atomic mass is 10.2. The van der Waals surface area contributed by atoms with Crippen LogP contribution < -0.4 is 5.32 Å². The number of benzene rings is 1. The fourth-order valence-corrected chi connectivity index (χ4v) is 3.65. The minimum atomic E-state index is -0.227. The molecule has 0 atom stereocenters. The minimum absolute atomic E-state index is 0.227. The molecule has 1 aromatic carbocycles. The van der Waals surface area contributed by atoms with Gasteiger partial charge in [0, 0.05) is 42.1 Å². The van der Waals surface area contributed by atoms with Gasteiger partial charge in [0.2, 0.25) is 0 Å². The molecule has 3 heterocycles. The fourth-order valence-electron chi connectivity index (χ4n) is 3.65. The van der Waals surface area contributed by atoms with E-state index in [9.17, 15) is 4.79 Å². The van der Waals surface area contributed by atoms with E-state index in [1.807, 2.05) is 44.2 Å². The van der Waals surface area contributed by atoms with Crippen LogP contribution in [0, 0.1) is 25.7 Å². The number of nitrogens with zero attached hydrogens (tertiary/aromatic N) is 4. The summed E-state index contributed by atoms with van der Waals surface area (Å²) in [7, 11) is 0. The monoisotopic (exact) mass is 417 g/mol. The van der Waals surface area contributed by atoms with Crippen molar-refractivity contribution in [3.8, 4) is 11.8 Å². The molecule has 1 fully saturated rings. The summed E-state index contributed by atoms with van der Waals surface area (Å²) < 4.78 is 7.04. The SMILES string of the molecule is Cc1cc(C)n2ncc(C(=O)Nc3ccc(C#CCCCN4CCOCC4)cc3)c2n1. The molecule has 2 aromatic heterocycles. The molecule has 0 aliphatic carbocycles. The first-order chi connectivity index (χ1) is 15.1. The third kappa shape index (κ3) is 5.29. The van der Waals surface area contributed by atoms with Crippen LogP contribution in [0.5, 0.6) is 0 Å². The van der Waals surface area contributed by atoms with Crippen molar-refractivity contribution in [3.05, 3.63) is 59.0 Å². The Morgan fingerprint density at radius 1 is 1.19 bits per heavy atom. The molecule has 7 nitrogen and oxygen atoms in total. The molecule has 0 bridgehead atoms. The number of anilines is 1. The first kappa shape index (κ1) is 21.0. The predicted molar refractivity (Wildman–Crippen MR) is 120 cm³/mol. The number of unbranched alkanes of at least 4 members (excludes halogenated alkanes) is 1. The number of hydrogen-bond acceptors (Lipinski definition) is 5. The van der Waals surface area contributed by atoms with E-state index < -0.39 is 0 Å². The lowest BCUT2D eigenvalue weighted by Gasteiger charge is -2.26. The van der Waals surface area contributed by atoms with Crippen molar-refractivity contribution in [1.82, 2.24) is 19.5 Å². The third-order valence-corrected chi connectivity index (χ3v) is 5.28. The number of aryl methyl sites for hydroxylation is 2. The first-order valence-electron chi connectivity index (χ1n) is 10.6. The van der Waals surface area contributed by atoms with Crippen molar-refractivity contribution in [2.24, 2.45) is 0 Å². The topological polar surface area (TPSA) is 71.8 Å². The van der Waals surface area contributed by atoms with Gasteiger partial charge in [0.25, 0.3) is 5.91 Å². The number of morpholine rings is 1. The van der Waals surface area contributed by atoms with Crippen molar-refractivity contribution in [2.45, 2.75) is 26.7 Å². The summed E-state index contributed by atoms with van der Waals surface area (Å²) in [6.07, 6.45) is 3.49. The number of amides is 1. The molecule has 0 radical (unpaired) electrons. The first-order valence-corrected chi connectivity index (χ1v) is 10.6. The van der Waals surface area contributed by atoms with Gasteiger partial charge in [-0.3, -0.25) is 9.69 Å². The maximum Gasteiger partial charge on any atom is 0.261 e. The standard InChI is InChI=1S/C24H27N5O2/c1-18-16-19(2)29-23(26-18)22(17-25-29)24(30)27-21-9-7-20(8-10-21)6-4-3-5-11-28-12-14-31-15-13-28/h7-10,16-17H,3,5,11-15H2,1-2H3,(H,27,30). The molecule has 4 rings (SSSR count). The maximum atomic E-state index is 12.7. The summed E-state index contributed by atoms with van der Waals surface area (Å²) in [4.78, 5) is 19.6. The number of hydrogen-bond donors (Lipinski definition) is 1. The summed E-state index contributed by atoms with van der Waals surface area (Å²) >= 11 is 0. The highest BCUT2D eigenvalue weighted by molar-refractivity contribution is 6.08. The molecule has 1 amide bonds. The van der Waals surface area contributed by atoms with Gasteiger partial charge in [0.15, 0.2) is 5.65 Å². The molecule has 1 aliphatic rings. The molecule has 160 valence electrons. The van der Waals surface area contributed by atoms with E-state index in [0.717, 1.165) is 62.6 Å². The van der Waals surface area contributed by atoms with Crippen molar-refractivity contribution in [3.63, 3.8) is 0 Å². The van der Waals surface area contributed by atoms with Gasteiger partial charge in [0.05, 0.1) is 19.4 Å². The average Bonchev–Trinajstić information content (AvgIpc) is 3.20. The predicted octanol–water partition coefficient (Wildman–Crippen LogP) is 3.06. The van der Waals surface area contributed by atoms with E-state index in [4.69, 9.17) is 4.74 Å². The maximum absolute atomic E-state index is 12.7. The van der Waals surface area contributed by atoms with E-state index in [-0.39, 0.29) is 5.91 Å². The van der Waals surface area contributed by atoms with E-state index in [1.54, 1.807) is 10.7 Å². The Morgan fingerprint density at radius 3 is 2.74 bits per heavy atom. The van der Waals surface area contributed by atoms with Crippen molar-refractivity contribution in [2.75, 3.05) is 38.2 Å². The Morgan fingerprint density at radius 2 is 1.97 bits per heavy atom. The normalized spacial score (nSPS) is 14.3. The highest BCUT2D eigenvalue weighted by Crippen LogP contribution is 2.15. The van der Waals surface area contributed by atoms with Gasteiger partial charge in [-0.25, -0.2) is 9.50 Å². The Kier molecular flexibility index (Phi) is 6.60. The van der Waals surface area contributed by atoms with Crippen LogP contribution in [0.3, 0.4) is 0 Å². The largest absolute Gasteiger partial charge is 0.379 e. The number of carbonyl (C=O) groups is 1. The summed E-state index contributed by atoms with van der Waals surface area (Å²) in [6, 6.07) is 9.51. The van der Waals surface area contributed by atoms with E-state index in [0.29, 0.717) is 16.9 Å². The van der Waals surface area contributed by atoms with E-state index in [1.165, 1.54) is 0 Å². The Hall–Kier alpha value is -3.21. The van der Waals surface area contributed by atoms with Gasteiger partial charge in [-0.1, -0.05) is 11.8 Å². The molecule has 3 aromatic rings. The van der Waals surface area contributed by atoms with Crippen LogP contribution in [0.4, 0.5) is 5.69 Å². The molecular weight excluding hydrogens is 390 g/mol. The summed E-state index contributed by atoms with van der Waals surface area (Å²) in [5, 5.41) is 7.20. The second kappa shape index (κ2) is 9.73. The Balaban J connectivity index is 1.32. The van der Waals surface area contributed by atoms with Crippen molar-refractivity contribution in [1.29, 1.82) is 0 Å². The number of rotatable bonds is 5. The van der Waals surface area contributed by atoms with Crippen LogP contribution in [0.25, 0.3) is 5.65 Å². The van der Waals surface area contributed by atoms with Crippen LogP contribution in [0.1, 0.15) is 40.2 Å². The number of nitrogens with one attached hydrogen (secondary N) is 1. The molecule has 31 heavy (non-hydrogen) atoms. The smallest absolute Gasteiger partial charge is 0.261 e. The van der Waals surface area contributed by atoms with Crippen LogP contribution in [-0.2, 0) is 4.74 Å².